The minimum absolute atomic E-state index is 0.0496. The Hall–Kier alpha value is -2.04. The van der Waals surface area contributed by atoms with Crippen molar-refractivity contribution in [3.63, 3.8) is 0 Å². The molecule has 1 aromatic carbocycles. The molecule has 0 aliphatic carbocycles. The minimum Gasteiger partial charge on any atom is -0.449 e. The zero-order chi connectivity index (χ0) is 20.6. The first-order valence-corrected chi connectivity index (χ1v) is 11.6. The number of para-hydroxylation sites is 1. The van der Waals surface area contributed by atoms with Crippen LogP contribution in [0.4, 0.5) is 0 Å². The molecule has 1 heterocycles. The molecule has 0 amide bonds. The average molecular weight is 403 g/mol. The summed E-state index contributed by atoms with van der Waals surface area (Å²) in [6.45, 7) is 2.81. The molecule has 0 atom stereocenters. The summed E-state index contributed by atoms with van der Waals surface area (Å²) < 4.78 is 11.8. The standard InChI is InChI=1S/C24H38N2O3/c1-2-3-4-5-6-7-8-9-10-11-12-13-14-18-21-28-23-25-26(24(27)29-23)22-19-16-15-17-20-22/h15-17,19-20H,2-14,18,21H2,1H3. The van der Waals surface area contributed by atoms with Crippen molar-refractivity contribution in [2.45, 2.75) is 96.8 Å². The van der Waals surface area contributed by atoms with Gasteiger partial charge in [-0.3, -0.25) is 0 Å². The first-order chi connectivity index (χ1) is 14.3. The van der Waals surface area contributed by atoms with E-state index >= 15 is 0 Å². The van der Waals surface area contributed by atoms with Gasteiger partial charge in [0.25, 0.3) is 0 Å². The van der Waals surface area contributed by atoms with E-state index in [1.807, 2.05) is 18.2 Å². The third-order valence-corrected chi connectivity index (χ3v) is 5.25. The monoisotopic (exact) mass is 402 g/mol. The van der Waals surface area contributed by atoms with Crippen LogP contribution < -0.4 is 10.5 Å². The normalized spacial score (nSPS) is 11.1. The number of benzene rings is 1. The van der Waals surface area contributed by atoms with Gasteiger partial charge in [0.1, 0.15) is 0 Å². The molecule has 0 saturated carbocycles. The molecule has 2 rings (SSSR count). The Bertz CT molecular complexity index is 694. The Morgan fingerprint density at radius 2 is 1.31 bits per heavy atom. The molecular formula is C24H38N2O3. The average Bonchev–Trinajstić information content (AvgIpc) is 3.12. The van der Waals surface area contributed by atoms with Gasteiger partial charge in [0, 0.05) is 0 Å². The van der Waals surface area contributed by atoms with Crippen molar-refractivity contribution in [1.29, 1.82) is 0 Å². The molecule has 0 bridgehead atoms. The van der Waals surface area contributed by atoms with Crippen molar-refractivity contribution < 1.29 is 9.15 Å². The molecule has 0 aliphatic heterocycles. The first kappa shape index (κ1) is 23.2. The van der Waals surface area contributed by atoms with Gasteiger partial charge >= 0.3 is 11.8 Å². The zero-order valence-electron chi connectivity index (χ0n) is 18.1. The van der Waals surface area contributed by atoms with Gasteiger partial charge in [0.2, 0.25) is 0 Å². The number of hydrogen-bond donors (Lipinski definition) is 0. The highest BCUT2D eigenvalue weighted by atomic mass is 16.6. The third-order valence-electron chi connectivity index (χ3n) is 5.25. The topological polar surface area (TPSA) is 57.3 Å². The maximum absolute atomic E-state index is 11.9. The SMILES string of the molecule is CCCCCCCCCCCCCCCCOc1nn(-c2ccccc2)c(=O)o1. The summed E-state index contributed by atoms with van der Waals surface area (Å²) in [6.07, 6.45) is 18.6. The van der Waals surface area contributed by atoms with Crippen molar-refractivity contribution in [2.24, 2.45) is 0 Å². The van der Waals surface area contributed by atoms with E-state index in [-0.39, 0.29) is 6.08 Å². The summed E-state index contributed by atoms with van der Waals surface area (Å²) in [7, 11) is 0. The number of hydrogen-bond acceptors (Lipinski definition) is 4. The van der Waals surface area contributed by atoms with E-state index in [4.69, 9.17) is 9.15 Å². The quantitative estimate of drug-likeness (QED) is 0.277. The highest BCUT2D eigenvalue weighted by Crippen LogP contribution is 2.13. The van der Waals surface area contributed by atoms with Crippen LogP contribution in [0.3, 0.4) is 0 Å². The van der Waals surface area contributed by atoms with Crippen molar-refractivity contribution in [1.82, 2.24) is 9.78 Å². The Labute approximate surface area is 175 Å². The van der Waals surface area contributed by atoms with Gasteiger partial charge in [-0.15, -0.1) is 0 Å². The Morgan fingerprint density at radius 1 is 0.793 bits per heavy atom. The molecule has 0 N–H and O–H groups in total. The molecular weight excluding hydrogens is 364 g/mol. The molecule has 162 valence electrons. The predicted molar refractivity (Wildman–Crippen MR) is 118 cm³/mol. The number of aromatic nitrogens is 2. The second kappa shape index (κ2) is 14.9. The molecule has 29 heavy (non-hydrogen) atoms. The molecule has 1 aromatic heterocycles. The van der Waals surface area contributed by atoms with E-state index < -0.39 is 5.76 Å². The van der Waals surface area contributed by atoms with Crippen molar-refractivity contribution >= 4 is 0 Å². The van der Waals surface area contributed by atoms with Gasteiger partial charge < -0.3 is 9.15 Å². The van der Waals surface area contributed by atoms with E-state index in [0.29, 0.717) is 12.3 Å². The van der Waals surface area contributed by atoms with Gasteiger partial charge in [-0.05, 0) is 18.6 Å². The summed E-state index contributed by atoms with van der Waals surface area (Å²) >= 11 is 0. The maximum Gasteiger partial charge on any atom is 0.444 e. The number of unbranched alkanes of at least 4 members (excludes halogenated alkanes) is 13. The van der Waals surface area contributed by atoms with Crippen molar-refractivity contribution in [3.05, 3.63) is 40.9 Å². The van der Waals surface area contributed by atoms with Crippen molar-refractivity contribution in [3.8, 4) is 11.8 Å². The van der Waals surface area contributed by atoms with E-state index in [9.17, 15) is 4.79 Å². The summed E-state index contributed by atoms with van der Waals surface area (Å²) in [5, 5.41) is 4.10. The third kappa shape index (κ3) is 9.82. The fourth-order valence-corrected chi connectivity index (χ4v) is 3.51. The van der Waals surface area contributed by atoms with Crippen LogP contribution in [0.15, 0.2) is 39.5 Å². The molecule has 5 heteroatoms. The lowest BCUT2D eigenvalue weighted by molar-refractivity contribution is 0.219. The Balaban J connectivity index is 1.43. The van der Waals surface area contributed by atoms with Gasteiger partial charge in [-0.1, -0.05) is 114 Å². The van der Waals surface area contributed by atoms with Crippen LogP contribution >= 0.6 is 0 Å². The summed E-state index contributed by atoms with van der Waals surface area (Å²) in [6, 6.07) is 9.21. The van der Waals surface area contributed by atoms with Crippen LogP contribution in [-0.2, 0) is 0 Å². The smallest absolute Gasteiger partial charge is 0.444 e. The van der Waals surface area contributed by atoms with Crippen LogP contribution in [-0.4, -0.2) is 16.4 Å². The lowest BCUT2D eigenvalue weighted by Gasteiger charge is -2.03. The second-order valence-electron chi connectivity index (χ2n) is 7.83. The molecule has 0 aliphatic rings. The predicted octanol–water partition coefficient (Wildman–Crippen LogP) is 6.69. The first-order valence-electron chi connectivity index (χ1n) is 11.6. The lowest BCUT2D eigenvalue weighted by atomic mass is 10.0. The van der Waals surface area contributed by atoms with Gasteiger partial charge in [0.15, 0.2) is 0 Å². The largest absolute Gasteiger partial charge is 0.449 e. The van der Waals surface area contributed by atoms with Gasteiger partial charge in [-0.2, -0.15) is 4.68 Å². The van der Waals surface area contributed by atoms with Crippen LogP contribution in [0, 0.1) is 0 Å². The highest BCUT2D eigenvalue weighted by Gasteiger charge is 2.10. The molecule has 2 aromatic rings. The van der Waals surface area contributed by atoms with E-state index in [1.165, 1.54) is 81.7 Å². The number of rotatable bonds is 17. The van der Waals surface area contributed by atoms with E-state index in [0.717, 1.165) is 12.8 Å². The highest BCUT2D eigenvalue weighted by molar-refractivity contribution is 5.29. The molecule has 0 saturated heterocycles. The van der Waals surface area contributed by atoms with Crippen LogP contribution in [0.2, 0.25) is 0 Å². The van der Waals surface area contributed by atoms with Crippen LogP contribution in [0.25, 0.3) is 5.69 Å². The van der Waals surface area contributed by atoms with Crippen LogP contribution in [0.5, 0.6) is 6.08 Å². The fraction of sp³-hybridized carbons (Fsp3) is 0.667. The Morgan fingerprint density at radius 3 is 1.86 bits per heavy atom. The number of ether oxygens (including phenoxy) is 1. The van der Waals surface area contributed by atoms with E-state index in [2.05, 4.69) is 12.0 Å². The Kier molecular flexibility index (Phi) is 11.9. The molecule has 0 spiro atoms. The lowest BCUT2D eigenvalue weighted by Crippen LogP contribution is -2.12. The van der Waals surface area contributed by atoms with E-state index in [1.54, 1.807) is 12.1 Å². The minimum atomic E-state index is -0.521. The summed E-state index contributed by atoms with van der Waals surface area (Å²) in [5.41, 5.74) is 0.674. The summed E-state index contributed by atoms with van der Waals surface area (Å²) in [4.78, 5) is 11.9. The molecule has 0 radical (unpaired) electrons. The zero-order valence-corrected chi connectivity index (χ0v) is 18.1. The maximum atomic E-state index is 11.9. The van der Waals surface area contributed by atoms with Gasteiger partial charge in [-0.25, -0.2) is 4.79 Å². The van der Waals surface area contributed by atoms with Gasteiger partial charge in [0.05, 0.1) is 12.3 Å². The molecule has 0 unspecified atom stereocenters. The van der Waals surface area contributed by atoms with Crippen LogP contribution in [0.1, 0.15) is 96.8 Å². The molecule has 5 nitrogen and oxygen atoms in total. The summed E-state index contributed by atoms with van der Waals surface area (Å²) in [5.74, 6) is -0.521. The fourth-order valence-electron chi connectivity index (χ4n) is 3.51. The second-order valence-corrected chi connectivity index (χ2v) is 7.83. The number of nitrogens with zero attached hydrogens (tertiary/aromatic N) is 2. The molecule has 0 fully saturated rings. The van der Waals surface area contributed by atoms with Crippen molar-refractivity contribution in [2.75, 3.05) is 6.61 Å².